The van der Waals surface area contributed by atoms with Crippen molar-refractivity contribution in [3.8, 4) is 5.75 Å². The van der Waals surface area contributed by atoms with Gasteiger partial charge in [-0.2, -0.15) is 0 Å². The van der Waals surface area contributed by atoms with Crippen LogP contribution in [0.15, 0.2) is 85.5 Å². The summed E-state index contributed by atoms with van der Waals surface area (Å²) in [7, 11) is 0. The van der Waals surface area contributed by atoms with Crippen molar-refractivity contribution in [2.75, 3.05) is 13.2 Å². The van der Waals surface area contributed by atoms with Crippen LogP contribution in [0, 0.1) is 5.82 Å². The Morgan fingerprint density at radius 1 is 0.711 bits per heavy atom. The Morgan fingerprint density at radius 2 is 1.29 bits per heavy atom. The molecule has 0 amide bonds. The Kier molecular flexibility index (Phi) is 13.1. The van der Waals surface area contributed by atoms with E-state index in [2.05, 4.69) is 30.8 Å². The van der Waals surface area contributed by atoms with E-state index in [0.717, 1.165) is 36.3 Å². The van der Waals surface area contributed by atoms with E-state index in [-0.39, 0.29) is 11.6 Å². The van der Waals surface area contributed by atoms with E-state index in [0.29, 0.717) is 18.8 Å². The van der Waals surface area contributed by atoms with Crippen LogP contribution in [0.4, 0.5) is 4.39 Å². The summed E-state index contributed by atoms with van der Waals surface area (Å²) < 4.78 is 24.6. The Balaban J connectivity index is 1.15. The number of unbranched alkanes of at least 4 members (excludes halogenated alkanes) is 7. The van der Waals surface area contributed by atoms with E-state index in [1.54, 1.807) is 6.08 Å². The third kappa shape index (κ3) is 11.3. The molecule has 0 aromatic heterocycles. The second-order valence-electron chi connectivity index (χ2n) is 9.45. The molecule has 0 fully saturated rings. The van der Waals surface area contributed by atoms with Crippen molar-refractivity contribution in [3.63, 3.8) is 0 Å². The minimum atomic E-state index is -0.350. The molecule has 4 heteroatoms. The van der Waals surface area contributed by atoms with Crippen LogP contribution in [-0.4, -0.2) is 19.0 Å². The molecule has 0 spiro atoms. The highest BCUT2D eigenvalue weighted by Crippen LogP contribution is 2.15. The molecule has 0 aliphatic rings. The molecule has 0 aliphatic heterocycles. The van der Waals surface area contributed by atoms with Crippen LogP contribution < -0.4 is 4.74 Å². The number of hydrogen-bond donors (Lipinski definition) is 0. The number of rotatable bonds is 18. The van der Waals surface area contributed by atoms with Crippen molar-refractivity contribution in [1.29, 1.82) is 0 Å². The van der Waals surface area contributed by atoms with Gasteiger partial charge in [-0.25, -0.2) is 4.39 Å². The Hall–Kier alpha value is -3.50. The molecule has 3 aromatic rings. The average molecular weight is 515 g/mol. The summed E-state index contributed by atoms with van der Waals surface area (Å²) in [6, 6.07) is 21.6. The highest BCUT2D eigenvalue weighted by atomic mass is 19.1. The zero-order valence-corrected chi connectivity index (χ0v) is 22.2. The first kappa shape index (κ1) is 29.1. The molecule has 0 bridgehead atoms. The molecule has 3 nitrogen and oxygen atoms in total. The van der Waals surface area contributed by atoms with Crippen molar-refractivity contribution < 1.29 is 18.7 Å². The van der Waals surface area contributed by atoms with Gasteiger partial charge in [0.15, 0.2) is 5.78 Å². The summed E-state index contributed by atoms with van der Waals surface area (Å²) in [6.07, 6.45) is 14.8. The smallest absolute Gasteiger partial charge is 0.185 e. The first-order chi connectivity index (χ1) is 18.6. The van der Waals surface area contributed by atoms with Crippen molar-refractivity contribution in [2.24, 2.45) is 0 Å². The molecule has 38 heavy (non-hydrogen) atoms. The van der Waals surface area contributed by atoms with Crippen LogP contribution in [0.1, 0.15) is 78.4 Å². The third-order valence-electron chi connectivity index (χ3n) is 6.37. The molecule has 3 rings (SSSR count). The van der Waals surface area contributed by atoms with E-state index in [4.69, 9.17) is 9.47 Å². The molecule has 0 saturated heterocycles. The van der Waals surface area contributed by atoms with Crippen molar-refractivity contribution in [1.82, 2.24) is 0 Å². The molecule has 0 heterocycles. The largest absolute Gasteiger partial charge is 0.494 e. The summed E-state index contributed by atoms with van der Waals surface area (Å²) in [4.78, 5) is 12.2. The molecule has 0 saturated carbocycles. The summed E-state index contributed by atoms with van der Waals surface area (Å²) in [6.45, 7) is 5.99. The maximum absolute atomic E-state index is 13.0. The lowest BCUT2D eigenvalue weighted by molar-refractivity contribution is 0.104. The number of carbonyl (C=O) groups is 1. The summed E-state index contributed by atoms with van der Waals surface area (Å²) in [5, 5.41) is 0. The van der Waals surface area contributed by atoms with Crippen LogP contribution in [-0.2, 0) is 11.3 Å². The van der Waals surface area contributed by atoms with Gasteiger partial charge < -0.3 is 9.47 Å². The van der Waals surface area contributed by atoms with Crippen LogP contribution >= 0.6 is 0 Å². The van der Waals surface area contributed by atoms with Crippen LogP contribution in [0.3, 0.4) is 0 Å². The third-order valence-corrected chi connectivity index (χ3v) is 6.37. The molecule has 0 atom stereocenters. The van der Waals surface area contributed by atoms with E-state index in [1.807, 2.05) is 30.3 Å². The maximum Gasteiger partial charge on any atom is 0.185 e. The van der Waals surface area contributed by atoms with Crippen molar-refractivity contribution in [3.05, 3.63) is 114 Å². The van der Waals surface area contributed by atoms with Crippen LogP contribution in [0.5, 0.6) is 5.75 Å². The van der Waals surface area contributed by atoms with Gasteiger partial charge in [-0.05, 0) is 72.0 Å². The predicted molar refractivity (Wildman–Crippen MR) is 155 cm³/mol. The standard InChI is InChI=1S/C34H39FO3/c1-2-28-11-13-30(14-12-28)27-37-25-9-7-5-3-4-6-8-10-26-38-33-22-15-29(16-23-33)17-24-34(36)31-18-20-32(35)21-19-31/h2,11-24H,1,3-10,25-27H2/b24-17+. The van der Waals surface area contributed by atoms with Gasteiger partial charge in [-0.15, -0.1) is 0 Å². The molecule has 3 aromatic carbocycles. The van der Waals surface area contributed by atoms with Gasteiger partial charge in [0.05, 0.1) is 13.2 Å². The number of allylic oxidation sites excluding steroid dienone is 1. The number of hydrogen-bond acceptors (Lipinski definition) is 3. The highest BCUT2D eigenvalue weighted by Gasteiger charge is 2.02. The summed E-state index contributed by atoms with van der Waals surface area (Å²) in [5.74, 6) is 0.334. The van der Waals surface area contributed by atoms with Crippen LogP contribution in [0.2, 0.25) is 0 Å². The topological polar surface area (TPSA) is 35.5 Å². The van der Waals surface area contributed by atoms with Crippen molar-refractivity contribution >= 4 is 17.9 Å². The molecule has 200 valence electrons. The predicted octanol–water partition coefficient (Wildman–Crippen LogP) is 9.08. The SMILES string of the molecule is C=Cc1ccc(COCCCCCCCCCCOc2ccc(/C=C/C(=O)c3ccc(F)cc3)cc2)cc1. The van der Waals surface area contributed by atoms with Crippen molar-refractivity contribution in [2.45, 2.75) is 58.0 Å². The Labute approximate surface area is 227 Å². The lowest BCUT2D eigenvalue weighted by Gasteiger charge is -2.07. The minimum Gasteiger partial charge on any atom is -0.494 e. The van der Waals surface area contributed by atoms with Gasteiger partial charge in [0, 0.05) is 12.2 Å². The maximum atomic E-state index is 13.0. The fourth-order valence-electron chi connectivity index (χ4n) is 4.05. The first-order valence-electron chi connectivity index (χ1n) is 13.6. The number of benzene rings is 3. The van der Waals surface area contributed by atoms with Gasteiger partial charge in [-0.1, -0.05) is 93.7 Å². The molecule has 0 radical (unpaired) electrons. The molecular formula is C34H39FO3. The van der Waals surface area contributed by atoms with Gasteiger partial charge in [-0.3, -0.25) is 4.79 Å². The normalized spacial score (nSPS) is 11.1. The quantitative estimate of drug-likeness (QED) is 0.0965. The summed E-state index contributed by atoms with van der Waals surface area (Å²) >= 11 is 0. The van der Waals surface area contributed by atoms with E-state index in [9.17, 15) is 9.18 Å². The zero-order chi connectivity index (χ0) is 26.8. The second-order valence-corrected chi connectivity index (χ2v) is 9.45. The molecule has 0 N–H and O–H groups in total. The number of halogens is 1. The first-order valence-corrected chi connectivity index (χ1v) is 13.6. The van der Waals surface area contributed by atoms with Gasteiger partial charge in [0.25, 0.3) is 0 Å². The summed E-state index contributed by atoms with van der Waals surface area (Å²) in [5.41, 5.74) is 3.73. The van der Waals surface area contributed by atoms with Gasteiger partial charge >= 0.3 is 0 Å². The average Bonchev–Trinajstić information content (AvgIpc) is 2.95. The number of ether oxygens (including phenoxy) is 2. The fraction of sp³-hybridized carbons (Fsp3) is 0.324. The fourth-order valence-corrected chi connectivity index (χ4v) is 4.05. The monoisotopic (exact) mass is 514 g/mol. The molecule has 0 aliphatic carbocycles. The van der Waals surface area contributed by atoms with E-state index >= 15 is 0 Å². The lowest BCUT2D eigenvalue weighted by atomic mass is 10.1. The van der Waals surface area contributed by atoms with E-state index < -0.39 is 0 Å². The molecular weight excluding hydrogens is 475 g/mol. The Bertz CT molecular complexity index is 1120. The van der Waals surface area contributed by atoms with Crippen LogP contribution in [0.25, 0.3) is 12.2 Å². The molecule has 0 unspecified atom stereocenters. The lowest BCUT2D eigenvalue weighted by Crippen LogP contribution is -1.97. The highest BCUT2D eigenvalue weighted by molar-refractivity contribution is 6.06. The second kappa shape index (κ2) is 17.1. The number of carbonyl (C=O) groups excluding carboxylic acids is 1. The zero-order valence-electron chi connectivity index (χ0n) is 22.2. The van der Waals surface area contributed by atoms with Gasteiger partial charge in [0.1, 0.15) is 11.6 Å². The van der Waals surface area contributed by atoms with E-state index in [1.165, 1.54) is 74.4 Å². The minimum absolute atomic E-state index is 0.152. The Morgan fingerprint density at radius 3 is 1.92 bits per heavy atom. The number of ketones is 1. The van der Waals surface area contributed by atoms with Gasteiger partial charge in [0.2, 0.25) is 0 Å².